The average molecular weight is 560 g/mol. The fraction of sp³-hybridized carbons (Fsp3) is 0.321. The smallest absolute Gasteiger partial charge is 0.309 e. The molecule has 3 aromatic carbocycles. The number of carboxylic acid groups (broad SMARTS) is 1. The standard InChI is InChI=1S/C28H27ClFNO6S/c1-18-4-2-5-21(14-18)38(34,35)31-17-20(16-28(27(32)33)10-12-36-13-11-28)37-25-9-8-19(15-24(25)31)22-6-3-7-23(29)26(22)30/h2-9,14-15,20H,10-13,16-17H2,1H3,(H,32,33)/t20-/m0/s1. The van der Waals surface area contributed by atoms with Crippen molar-refractivity contribution in [2.75, 3.05) is 24.1 Å². The molecule has 0 bridgehead atoms. The number of carbonyl (C=O) groups is 1. The summed E-state index contributed by atoms with van der Waals surface area (Å²) in [4.78, 5) is 12.4. The first-order chi connectivity index (χ1) is 18.1. The summed E-state index contributed by atoms with van der Waals surface area (Å²) >= 11 is 5.99. The first kappa shape index (κ1) is 26.5. The summed E-state index contributed by atoms with van der Waals surface area (Å²) in [5.74, 6) is -1.29. The highest BCUT2D eigenvalue weighted by Crippen LogP contribution is 2.44. The number of hydrogen-bond acceptors (Lipinski definition) is 5. The van der Waals surface area contributed by atoms with Crippen molar-refractivity contribution in [1.29, 1.82) is 0 Å². The first-order valence-corrected chi connectivity index (χ1v) is 14.1. The van der Waals surface area contributed by atoms with Gasteiger partial charge < -0.3 is 14.6 Å². The molecule has 7 nitrogen and oxygen atoms in total. The van der Waals surface area contributed by atoms with E-state index in [1.54, 1.807) is 55.5 Å². The van der Waals surface area contributed by atoms with Crippen LogP contribution in [-0.4, -0.2) is 45.4 Å². The minimum atomic E-state index is -4.07. The topological polar surface area (TPSA) is 93.1 Å². The fourth-order valence-electron chi connectivity index (χ4n) is 5.15. The maximum absolute atomic E-state index is 14.8. The number of fused-ring (bicyclic) bond motifs is 1. The number of sulfonamides is 1. The molecule has 0 saturated carbocycles. The van der Waals surface area contributed by atoms with Crippen molar-refractivity contribution in [3.63, 3.8) is 0 Å². The van der Waals surface area contributed by atoms with E-state index in [4.69, 9.17) is 21.1 Å². The van der Waals surface area contributed by atoms with Crippen LogP contribution in [-0.2, 0) is 19.6 Å². The van der Waals surface area contributed by atoms with E-state index in [-0.39, 0.29) is 39.9 Å². The lowest BCUT2D eigenvalue weighted by molar-refractivity contribution is -0.157. The third-order valence-corrected chi connectivity index (χ3v) is 9.32. The van der Waals surface area contributed by atoms with Crippen molar-refractivity contribution in [2.24, 2.45) is 5.41 Å². The van der Waals surface area contributed by atoms with E-state index in [9.17, 15) is 22.7 Å². The van der Waals surface area contributed by atoms with E-state index in [0.717, 1.165) is 5.56 Å². The van der Waals surface area contributed by atoms with E-state index in [0.29, 0.717) is 31.6 Å². The number of aryl methyl sites for hydroxylation is 1. The summed E-state index contributed by atoms with van der Waals surface area (Å²) in [5, 5.41) is 10.0. The lowest BCUT2D eigenvalue weighted by atomic mass is 9.75. The van der Waals surface area contributed by atoms with Crippen LogP contribution in [0, 0.1) is 18.2 Å². The number of halogens is 2. The molecular weight excluding hydrogens is 533 g/mol. The Morgan fingerprint density at radius 1 is 1.13 bits per heavy atom. The van der Waals surface area contributed by atoms with Gasteiger partial charge in [-0.1, -0.05) is 41.9 Å². The molecule has 5 rings (SSSR count). The third-order valence-electron chi connectivity index (χ3n) is 7.25. The molecule has 0 unspecified atom stereocenters. The molecule has 0 amide bonds. The molecule has 0 radical (unpaired) electrons. The molecule has 0 spiro atoms. The minimum absolute atomic E-state index is 0.0452. The van der Waals surface area contributed by atoms with E-state index in [1.807, 2.05) is 0 Å². The molecule has 200 valence electrons. The van der Waals surface area contributed by atoms with Crippen LogP contribution in [0.15, 0.2) is 65.6 Å². The molecule has 2 aliphatic heterocycles. The number of rotatable bonds is 6. The van der Waals surface area contributed by atoms with Crippen molar-refractivity contribution in [2.45, 2.75) is 37.2 Å². The zero-order valence-electron chi connectivity index (χ0n) is 20.7. The molecule has 1 fully saturated rings. The Labute approximate surface area is 225 Å². The van der Waals surface area contributed by atoms with Crippen molar-refractivity contribution in [1.82, 2.24) is 0 Å². The van der Waals surface area contributed by atoms with Gasteiger partial charge in [0.05, 0.1) is 27.6 Å². The Hall–Kier alpha value is -3.14. The lowest BCUT2D eigenvalue weighted by Crippen LogP contribution is -2.48. The Morgan fingerprint density at radius 3 is 2.58 bits per heavy atom. The van der Waals surface area contributed by atoms with Gasteiger partial charge in [-0.3, -0.25) is 9.10 Å². The number of carboxylic acids is 1. The summed E-state index contributed by atoms with van der Waals surface area (Å²) in [5.41, 5.74) is 0.598. The molecule has 3 aromatic rings. The predicted octanol–water partition coefficient (Wildman–Crippen LogP) is 5.68. The maximum atomic E-state index is 14.8. The quantitative estimate of drug-likeness (QED) is 0.417. The van der Waals surface area contributed by atoms with Gasteiger partial charge in [-0.15, -0.1) is 0 Å². The van der Waals surface area contributed by atoms with Crippen LogP contribution in [0.2, 0.25) is 5.02 Å². The van der Waals surface area contributed by atoms with Gasteiger partial charge >= 0.3 is 5.97 Å². The van der Waals surface area contributed by atoms with Crippen LogP contribution in [0.3, 0.4) is 0 Å². The maximum Gasteiger partial charge on any atom is 0.309 e. The van der Waals surface area contributed by atoms with Crippen molar-refractivity contribution >= 4 is 33.3 Å². The zero-order chi connectivity index (χ0) is 27.1. The molecule has 1 saturated heterocycles. The van der Waals surface area contributed by atoms with Crippen LogP contribution < -0.4 is 9.04 Å². The van der Waals surface area contributed by atoms with E-state index in [2.05, 4.69) is 0 Å². The van der Waals surface area contributed by atoms with Gasteiger partial charge in [0.25, 0.3) is 10.0 Å². The van der Waals surface area contributed by atoms with E-state index in [1.165, 1.54) is 16.4 Å². The summed E-state index contributed by atoms with van der Waals surface area (Å²) in [6.07, 6.45) is 0.0275. The summed E-state index contributed by atoms with van der Waals surface area (Å²) in [7, 11) is -4.07. The van der Waals surface area contributed by atoms with Crippen molar-refractivity contribution in [3.8, 4) is 16.9 Å². The zero-order valence-corrected chi connectivity index (χ0v) is 22.3. The normalized spacial score (nSPS) is 18.9. The van der Waals surface area contributed by atoms with Gasteiger partial charge in [0.15, 0.2) is 0 Å². The number of benzene rings is 3. The van der Waals surface area contributed by atoms with E-state index >= 15 is 0 Å². The van der Waals surface area contributed by atoms with Gasteiger partial charge in [0.2, 0.25) is 0 Å². The van der Waals surface area contributed by atoms with Gasteiger partial charge in [-0.05, 0) is 61.2 Å². The fourth-order valence-corrected chi connectivity index (χ4v) is 6.92. The Kier molecular flexibility index (Phi) is 7.11. The SMILES string of the molecule is Cc1cccc(S(=O)(=O)N2C[C@H](CC3(C(=O)O)CCOCC3)Oc3ccc(-c4cccc(Cl)c4F)cc32)c1. The number of nitrogens with zero attached hydrogens (tertiary/aromatic N) is 1. The molecule has 1 atom stereocenters. The number of aliphatic carboxylic acids is 1. The van der Waals surface area contributed by atoms with E-state index < -0.39 is 33.3 Å². The number of ether oxygens (including phenoxy) is 2. The van der Waals surface area contributed by atoms with Gasteiger partial charge in [-0.2, -0.15) is 0 Å². The Bertz CT molecular complexity index is 1490. The second-order valence-electron chi connectivity index (χ2n) is 9.78. The largest absolute Gasteiger partial charge is 0.486 e. The average Bonchev–Trinajstić information content (AvgIpc) is 2.90. The van der Waals surface area contributed by atoms with Crippen LogP contribution in [0.4, 0.5) is 10.1 Å². The van der Waals surface area contributed by atoms with Gasteiger partial charge in [-0.25, -0.2) is 12.8 Å². The predicted molar refractivity (Wildman–Crippen MR) is 142 cm³/mol. The summed E-state index contributed by atoms with van der Waals surface area (Å²) < 4.78 is 55.6. The number of anilines is 1. The second-order valence-corrected chi connectivity index (χ2v) is 12.0. The van der Waals surface area contributed by atoms with Crippen LogP contribution in [0.25, 0.3) is 11.1 Å². The Morgan fingerprint density at radius 2 is 1.87 bits per heavy atom. The van der Waals surface area contributed by atoms with Crippen molar-refractivity contribution in [3.05, 3.63) is 77.1 Å². The van der Waals surface area contributed by atoms with Crippen LogP contribution >= 0.6 is 11.6 Å². The monoisotopic (exact) mass is 559 g/mol. The molecule has 38 heavy (non-hydrogen) atoms. The number of hydrogen-bond donors (Lipinski definition) is 1. The second kappa shape index (κ2) is 10.2. The highest BCUT2D eigenvalue weighted by molar-refractivity contribution is 7.92. The molecule has 2 heterocycles. The van der Waals surface area contributed by atoms with Crippen LogP contribution in [0.1, 0.15) is 24.8 Å². The molecule has 0 aromatic heterocycles. The van der Waals surface area contributed by atoms with Gasteiger partial charge in [0.1, 0.15) is 17.7 Å². The highest BCUT2D eigenvalue weighted by Gasteiger charge is 2.45. The lowest BCUT2D eigenvalue weighted by Gasteiger charge is -2.40. The van der Waals surface area contributed by atoms with Crippen LogP contribution in [0.5, 0.6) is 5.75 Å². The molecule has 1 N–H and O–H groups in total. The van der Waals surface area contributed by atoms with Gasteiger partial charge in [0, 0.05) is 25.2 Å². The molecular formula is C28H27ClFNO6S. The third kappa shape index (κ3) is 4.86. The first-order valence-electron chi connectivity index (χ1n) is 12.3. The molecule has 2 aliphatic rings. The van der Waals surface area contributed by atoms with Crippen molar-refractivity contribution < 1.29 is 32.2 Å². The molecule has 10 heteroatoms. The Balaban J connectivity index is 1.60. The summed E-state index contributed by atoms with van der Waals surface area (Å²) in [6.45, 7) is 2.34. The summed E-state index contributed by atoms with van der Waals surface area (Å²) in [6, 6.07) is 16.0. The molecule has 0 aliphatic carbocycles. The minimum Gasteiger partial charge on any atom is -0.486 e. The highest BCUT2D eigenvalue weighted by atomic mass is 35.5.